The van der Waals surface area contributed by atoms with E-state index in [1.165, 1.54) is 0 Å². The molecule has 4 rings (SSSR count). The van der Waals surface area contributed by atoms with Gasteiger partial charge in [0.05, 0.1) is 18.7 Å². The summed E-state index contributed by atoms with van der Waals surface area (Å²) in [4.78, 5) is 18.3. The van der Waals surface area contributed by atoms with Crippen molar-refractivity contribution < 1.29 is 23.9 Å². The van der Waals surface area contributed by atoms with Gasteiger partial charge in [0.25, 0.3) is 0 Å². The SMILES string of the molecule is COCC1NC(C2CCC3C(CC[C@H]3NC(=O)C3CCCC(CO)C3F)C2)NO1. The fraction of sp³-hybridized carbons (Fsp3) is 0.952. The second-order valence-electron chi connectivity index (χ2n) is 9.44. The average molecular weight is 414 g/mol. The van der Waals surface area contributed by atoms with Gasteiger partial charge in [0.1, 0.15) is 6.17 Å². The predicted molar refractivity (Wildman–Crippen MR) is 105 cm³/mol. The number of hydrogen-bond donors (Lipinski definition) is 4. The summed E-state index contributed by atoms with van der Waals surface area (Å²) in [5, 5.41) is 16.0. The topological polar surface area (TPSA) is 91.9 Å². The van der Waals surface area contributed by atoms with Crippen LogP contribution in [0.4, 0.5) is 4.39 Å². The van der Waals surface area contributed by atoms with Gasteiger partial charge in [0.15, 0.2) is 6.23 Å². The van der Waals surface area contributed by atoms with E-state index in [1.54, 1.807) is 7.11 Å². The Hall–Kier alpha value is -0.800. The van der Waals surface area contributed by atoms with Gasteiger partial charge in [-0.15, -0.1) is 0 Å². The Kier molecular flexibility index (Phi) is 7.06. The van der Waals surface area contributed by atoms with Crippen LogP contribution < -0.4 is 16.1 Å². The minimum atomic E-state index is -1.22. The zero-order valence-corrected chi connectivity index (χ0v) is 17.3. The number of aliphatic hydroxyl groups is 1. The smallest absolute Gasteiger partial charge is 0.226 e. The van der Waals surface area contributed by atoms with Crippen LogP contribution in [0.5, 0.6) is 0 Å². The summed E-state index contributed by atoms with van der Waals surface area (Å²) in [7, 11) is 1.67. The molecule has 0 spiro atoms. The van der Waals surface area contributed by atoms with Crippen LogP contribution in [0.15, 0.2) is 0 Å². The molecule has 0 aromatic carbocycles. The van der Waals surface area contributed by atoms with Gasteiger partial charge < -0.3 is 15.2 Å². The van der Waals surface area contributed by atoms with E-state index in [4.69, 9.17) is 9.57 Å². The number of rotatable bonds is 6. The standard InChI is InChI=1S/C21H36FN3O4/c1-28-11-18-24-20(25-29-18)13-5-7-15-12(9-13)6-8-17(15)23-21(27)16-4-2-3-14(10-26)19(16)22/h12-20,24-26H,2-11H2,1H3,(H,23,27)/t12?,13?,14?,15?,16?,17-,18?,19?,20?/m1/s1. The van der Waals surface area contributed by atoms with Crippen LogP contribution in [-0.4, -0.2) is 55.9 Å². The molecule has 29 heavy (non-hydrogen) atoms. The first-order valence-corrected chi connectivity index (χ1v) is 11.3. The van der Waals surface area contributed by atoms with Crippen molar-refractivity contribution >= 4 is 5.91 Å². The molecule has 8 unspecified atom stereocenters. The van der Waals surface area contributed by atoms with Crippen molar-refractivity contribution in [3.05, 3.63) is 0 Å². The maximum atomic E-state index is 14.6. The number of hydrogen-bond acceptors (Lipinski definition) is 6. The number of carbonyl (C=O) groups is 1. The molecule has 1 aliphatic heterocycles. The highest BCUT2D eigenvalue weighted by Gasteiger charge is 2.45. The molecule has 0 aromatic rings. The number of alkyl halides is 1. The van der Waals surface area contributed by atoms with E-state index in [0.717, 1.165) is 38.5 Å². The molecule has 0 radical (unpaired) electrons. The molecule has 9 atom stereocenters. The Morgan fingerprint density at radius 1 is 1.21 bits per heavy atom. The quantitative estimate of drug-likeness (QED) is 0.527. The molecule has 1 amide bonds. The van der Waals surface area contributed by atoms with Gasteiger partial charge in [0, 0.05) is 25.7 Å². The lowest BCUT2D eigenvalue weighted by Gasteiger charge is -2.37. The van der Waals surface area contributed by atoms with Gasteiger partial charge in [-0.25, -0.2) is 4.39 Å². The number of methoxy groups -OCH3 is 1. The van der Waals surface area contributed by atoms with Crippen molar-refractivity contribution in [1.29, 1.82) is 0 Å². The molecule has 4 aliphatic rings. The first-order chi connectivity index (χ1) is 14.1. The molecular formula is C21H36FN3O4. The zero-order chi connectivity index (χ0) is 20.4. The molecule has 1 heterocycles. The molecule has 3 saturated carbocycles. The first-order valence-electron chi connectivity index (χ1n) is 11.3. The molecule has 8 heteroatoms. The molecule has 0 bridgehead atoms. The Labute approximate surface area is 172 Å². The zero-order valence-electron chi connectivity index (χ0n) is 17.3. The average Bonchev–Trinajstić information content (AvgIpc) is 3.35. The van der Waals surface area contributed by atoms with Crippen LogP contribution in [0.25, 0.3) is 0 Å². The molecule has 1 saturated heterocycles. The van der Waals surface area contributed by atoms with E-state index in [9.17, 15) is 14.3 Å². The lowest BCUT2D eigenvalue weighted by Crippen LogP contribution is -2.49. The van der Waals surface area contributed by atoms with E-state index in [-0.39, 0.29) is 36.9 Å². The third kappa shape index (κ3) is 4.61. The third-order valence-electron chi connectivity index (χ3n) is 7.76. The van der Waals surface area contributed by atoms with Gasteiger partial charge >= 0.3 is 0 Å². The number of aliphatic hydroxyl groups excluding tert-OH is 1. The van der Waals surface area contributed by atoms with Crippen LogP contribution in [0.1, 0.15) is 51.4 Å². The Balaban J connectivity index is 1.28. The molecule has 4 N–H and O–H groups in total. The Morgan fingerprint density at radius 2 is 2.03 bits per heavy atom. The summed E-state index contributed by atoms with van der Waals surface area (Å²) >= 11 is 0. The summed E-state index contributed by atoms with van der Waals surface area (Å²) in [5.41, 5.74) is 3.12. The Bertz CT molecular complexity index is 568. The van der Waals surface area contributed by atoms with Crippen molar-refractivity contribution in [3.8, 4) is 0 Å². The summed E-state index contributed by atoms with van der Waals surface area (Å²) in [6.45, 7) is 0.350. The van der Waals surface area contributed by atoms with E-state index >= 15 is 0 Å². The van der Waals surface area contributed by atoms with Crippen LogP contribution in [0, 0.1) is 29.6 Å². The lowest BCUT2D eigenvalue weighted by molar-refractivity contribution is -0.131. The van der Waals surface area contributed by atoms with E-state index < -0.39 is 12.1 Å². The lowest BCUT2D eigenvalue weighted by atomic mass is 9.73. The normalized spacial score (nSPS) is 45.1. The fourth-order valence-electron chi connectivity index (χ4n) is 6.17. The van der Waals surface area contributed by atoms with Crippen LogP contribution in [0.3, 0.4) is 0 Å². The number of nitrogens with one attached hydrogen (secondary N) is 3. The second-order valence-corrected chi connectivity index (χ2v) is 9.44. The highest BCUT2D eigenvalue weighted by atomic mass is 19.1. The summed E-state index contributed by atoms with van der Waals surface area (Å²) in [5.74, 6) is 0.467. The number of hydroxylamine groups is 1. The number of ether oxygens (including phenoxy) is 1. The summed E-state index contributed by atoms with van der Waals surface area (Å²) < 4.78 is 19.8. The fourth-order valence-corrected chi connectivity index (χ4v) is 6.17. The maximum Gasteiger partial charge on any atom is 0.226 e. The van der Waals surface area contributed by atoms with E-state index in [0.29, 0.717) is 37.2 Å². The molecule has 166 valence electrons. The molecule has 7 nitrogen and oxygen atoms in total. The van der Waals surface area contributed by atoms with Crippen LogP contribution in [-0.2, 0) is 14.4 Å². The van der Waals surface area contributed by atoms with E-state index in [1.807, 2.05) is 0 Å². The summed E-state index contributed by atoms with van der Waals surface area (Å²) in [6, 6.07) is 0.164. The molecule has 0 aromatic heterocycles. The molecule has 3 aliphatic carbocycles. The van der Waals surface area contributed by atoms with Crippen molar-refractivity contribution in [2.75, 3.05) is 20.3 Å². The third-order valence-corrected chi connectivity index (χ3v) is 7.76. The van der Waals surface area contributed by atoms with Crippen molar-refractivity contribution in [1.82, 2.24) is 16.1 Å². The number of amides is 1. The maximum absolute atomic E-state index is 14.6. The second kappa shape index (κ2) is 9.56. The van der Waals surface area contributed by atoms with Crippen LogP contribution >= 0.6 is 0 Å². The predicted octanol–water partition coefficient (Wildman–Crippen LogP) is 1.47. The minimum Gasteiger partial charge on any atom is -0.396 e. The Morgan fingerprint density at radius 3 is 2.83 bits per heavy atom. The number of carbonyl (C=O) groups excluding carboxylic acids is 1. The van der Waals surface area contributed by atoms with Crippen LogP contribution in [0.2, 0.25) is 0 Å². The largest absolute Gasteiger partial charge is 0.396 e. The highest BCUT2D eigenvalue weighted by molar-refractivity contribution is 5.79. The highest BCUT2D eigenvalue weighted by Crippen LogP contribution is 2.45. The van der Waals surface area contributed by atoms with Gasteiger partial charge in [-0.1, -0.05) is 6.42 Å². The van der Waals surface area contributed by atoms with Crippen molar-refractivity contribution in [2.45, 2.75) is 76.0 Å². The number of halogens is 1. The minimum absolute atomic E-state index is 0.106. The monoisotopic (exact) mass is 413 g/mol. The van der Waals surface area contributed by atoms with Gasteiger partial charge in [-0.2, -0.15) is 5.48 Å². The molecular weight excluding hydrogens is 377 g/mol. The van der Waals surface area contributed by atoms with Gasteiger partial charge in [-0.3, -0.25) is 14.9 Å². The number of fused-ring (bicyclic) bond motifs is 1. The summed E-state index contributed by atoms with van der Waals surface area (Å²) in [6.07, 6.45) is 6.28. The molecule has 4 fully saturated rings. The van der Waals surface area contributed by atoms with Gasteiger partial charge in [-0.05, 0) is 62.7 Å². The van der Waals surface area contributed by atoms with Gasteiger partial charge in [0.2, 0.25) is 5.91 Å². The van der Waals surface area contributed by atoms with Crippen molar-refractivity contribution in [2.24, 2.45) is 29.6 Å². The van der Waals surface area contributed by atoms with Crippen molar-refractivity contribution in [3.63, 3.8) is 0 Å². The first kappa shape index (κ1) is 21.4. The van der Waals surface area contributed by atoms with E-state index in [2.05, 4.69) is 16.1 Å².